The van der Waals surface area contributed by atoms with Crippen molar-refractivity contribution in [3.63, 3.8) is 0 Å². The fourth-order valence-corrected chi connectivity index (χ4v) is 1.61. The maximum Gasteiger partial charge on any atom is 0.328 e. The van der Waals surface area contributed by atoms with Crippen LogP contribution in [0.25, 0.3) is 6.08 Å². The summed E-state index contributed by atoms with van der Waals surface area (Å²) in [6.45, 7) is 1.75. The zero-order valence-corrected chi connectivity index (χ0v) is 8.23. The number of aliphatic carboxylic acids is 1. The molecular formula is C11H12N2O2. The van der Waals surface area contributed by atoms with Gasteiger partial charge < -0.3 is 10.4 Å². The normalized spacial score (nSPS) is 15.2. The molecule has 0 unspecified atom stereocenters. The molecule has 0 fully saturated rings. The largest absolute Gasteiger partial charge is 0.478 e. The van der Waals surface area contributed by atoms with Crippen LogP contribution in [0.2, 0.25) is 0 Å². The Bertz CT molecular complexity index is 413. The molecule has 2 N–H and O–H groups in total. The van der Waals surface area contributed by atoms with Crippen molar-refractivity contribution in [3.05, 3.63) is 35.2 Å². The summed E-state index contributed by atoms with van der Waals surface area (Å²) in [5, 5.41) is 11.7. The van der Waals surface area contributed by atoms with Gasteiger partial charge in [-0.05, 0) is 30.7 Å². The third-order valence-electron chi connectivity index (χ3n) is 2.35. The van der Waals surface area contributed by atoms with Crippen molar-refractivity contribution in [2.45, 2.75) is 13.0 Å². The number of fused-ring (bicyclic) bond motifs is 1. The van der Waals surface area contributed by atoms with Crippen molar-refractivity contribution in [3.8, 4) is 0 Å². The molecule has 1 aromatic heterocycles. The maximum absolute atomic E-state index is 10.3. The lowest BCUT2D eigenvalue weighted by Gasteiger charge is -2.15. The molecule has 0 atom stereocenters. The highest BCUT2D eigenvalue weighted by Crippen LogP contribution is 2.12. The number of pyridine rings is 1. The lowest BCUT2D eigenvalue weighted by Crippen LogP contribution is -2.24. The minimum Gasteiger partial charge on any atom is -0.478 e. The van der Waals surface area contributed by atoms with E-state index in [1.165, 1.54) is 11.6 Å². The Morgan fingerprint density at radius 1 is 1.53 bits per heavy atom. The van der Waals surface area contributed by atoms with E-state index in [2.05, 4.69) is 10.3 Å². The van der Waals surface area contributed by atoms with Gasteiger partial charge in [0.2, 0.25) is 0 Å². The van der Waals surface area contributed by atoms with E-state index in [4.69, 9.17) is 5.11 Å². The predicted octanol–water partition coefficient (Wildman–Crippen LogP) is 0.825. The first-order valence-electron chi connectivity index (χ1n) is 4.86. The molecule has 0 saturated heterocycles. The van der Waals surface area contributed by atoms with Crippen molar-refractivity contribution in [2.75, 3.05) is 6.54 Å². The van der Waals surface area contributed by atoms with Gasteiger partial charge >= 0.3 is 5.97 Å². The van der Waals surface area contributed by atoms with E-state index in [1.54, 1.807) is 0 Å². The second-order valence-electron chi connectivity index (χ2n) is 3.44. The minimum absolute atomic E-state index is 0.694. The van der Waals surface area contributed by atoms with Gasteiger partial charge in [0, 0.05) is 12.6 Å². The number of carbonyl (C=O) groups is 1. The van der Waals surface area contributed by atoms with Crippen LogP contribution in [0.1, 0.15) is 17.0 Å². The van der Waals surface area contributed by atoms with Crippen molar-refractivity contribution in [1.29, 1.82) is 0 Å². The third kappa shape index (κ3) is 2.41. The van der Waals surface area contributed by atoms with Gasteiger partial charge in [-0.1, -0.05) is 6.07 Å². The fraction of sp³-hybridized carbons (Fsp3) is 0.273. The molecule has 2 rings (SSSR count). The van der Waals surface area contributed by atoms with Crippen molar-refractivity contribution in [2.24, 2.45) is 0 Å². The summed E-state index contributed by atoms with van der Waals surface area (Å²) >= 11 is 0. The summed E-state index contributed by atoms with van der Waals surface area (Å²) in [7, 11) is 0. The highest BCUT2D eigenvalue weighted by atomic mass is 16.4. The molecule has 0 saturated carbocycles. The zero-order chi connectivity index (χ0) is 10.7. The third-order valence-corrected chi connectivity index (χ3v) is 2.35. The number of aromatic nitrogens is 1. The first-order chi connectivity index (χ1) is 7.25. The number of nitrogens with zero attached hydrogens (tertiary/aromatic N) is 1. The van der Waals surface area contributed by atoms with Gasteiger partial charge in [0.15, 0.2) is 0 Å². The van der Waals surface area contributed by atoms with Gasteiger partial charge in [0.05, 0.1) is 11.4 Å². The molecule has 0 amide bonds. The fourth-order valence-electron chi connectivity index (χ4n) is 1.61. The highest BCUT2D eigenvalue weighted by Gasteiger charge is 2.09. The molecule has 15 heavy (non-hydrogen) atoms. The van der Waals surface area contributed by atoms with Gasteiger partial charge in [-0.15, -0.1) is 0 Å². The van der Waals surface area contributed by atoms with Crippen LogP contribution in [-0.2, 0) is 17.8 Å². The lowest BCUT2D eigenvalue weighted by molar-refractivity contribution is -0.131. The van der Waals surface area contributed by atoms with Gasteiger partial charge in [0.25, 0.3) is 0 Å². The summed E-state index contributed by atoms with van der Waals surface area (Å²) < 4.78 is 0. The summed E-state index contributed by atoms with van der Waals surface area (Å²) in [5.41, 5.74) is 2.97. The quantitative estimate of drug-likeness (QED) is 0.700. The maximum atomic E-state index is 10.3. The molecule has 1 aliphatic heterocycles. The smallest absolute Gasteiger partial charge is 0.328 e. The number of hydrogen-bond acceptors (Lipinski definition) is 3. The Morgan fingerprint density at radius 2 is 2.40 bits per heavy atom. The first-order valence-corrected chi connectivity index (χ1v) is 4.86. The van der Waals surface area contributed by atoms with E-state index < -0.39 is 5.97 Å². The summed E-state index contributed by atoms with van der Waals surface area (Å²) in [6, 6.07) is 3.87. The second kappa shape index (κ2) is 4.23. The van der Waals surface area contributed by atoms with Crippen LogP contribution in [-0.4, -0.2) is 22.6 Å². The molecule has 0 aromatic carbocycles. The molecule has 0 aliphatic carbocycles. The van der Waals surface area contributed by atoms with E-state index in [-0.39, 0.29) is 0 Å². The van der Waals surface area contributed by atoms with Crippen molar-refractivity contribution in [1.82, 2.24) is 10.3 Å². The van der Waals surface area contributed by atoms with Crippen LogP contribution in [0.4, 0.5) is 0 Å². The molecule has 4 nitrogen and oxygen atoms in total. The molecule has 1 aliphatic rings. The van der Waals surface area contributed by atoms with Crippen LogP contribution in [0.5, 0.6) is 0 Å². The molecule has 78 valence electrons. The Labute approximate surface area is 87.7 Å². The van der Waals surface area contributed by atoms with Crippen LogP contribution in [0.15, 0.2) is 18.2 Å². The molecule has 0 bridgehead atoms. The van der Waals surface area contributed by atoms with Gasteiger partial charge in [0.1, 0.15) is 0 Å². The molecular weight excluding hydrogens is 192 g/mol. The minimum atomic E-state index is -0.951. The first kappa shape index (κ1) is 9.86. The summed E-state index contributed by atoms with van der Waals surface area (Å²) in [5.74, 6) is -0.951. The van der Waals surface area contributed by atoms with Crippen LogP contribution >= 0.6 is 0 Å². The Hall–Kier alpha value is -1.68. The van der Waals surface area contributed by atoms with Gasteiger partial charge in [-0.25, -0.2) is 4.79 Å². The Kier molecular flexibility index (Phi) is 2.78. The Balaban J connectivity index is 2.24. The topological polar surface area (TPSA) is 62.2 Å². The average molecular weight is 204 g/mol. The lowest BCUT2D eigenvalue weighted by atomic mass is 10.1. The summed E-state index contributed by atoms with van der Waals surface area (Å²) in [6.07, 6.45) is 3.60. The van der Waals surface area contributed by atoms with Gasteiger partial charge in [-0.3, -0.25) is 4.98 Å². The van der Waals surface area contributed by atoms with Crippen molar-refractivity contribution >= 4 is 12.0 Å². The number of nitrogens with one attached hydrogen (secondary N) is 1. The van der Waals surface area contributed by atoms with Gasteiger partial charge in [-0.2, -0.15) is 0 Å². The number of carboxylic acids is 1. The van der Waals surface area contributed by atoms with Crippen LogP contribution in [0.3, 0.4) is 0 Å². The average Bonchev–Trinajstić information content (AvgIpc) is 2.26. The van der Waals surface area contributed by atoms with Crippen LogP contribution in [0, 0.1) is 0 Å². The van der Waals surface area contributed by atoms with E-state index in [9.17, 15) is 4.79 Å². The molecule has 0 radical (unpaired) electrons. The monoisotopic (exact) mass is 204 g/mol. The number of rotatable bonds is 2. The highest BCUT2D eigenvalue weighted by molar-refractivity contribution is 5.84. The van der Waals surface area contributed by atoms with E-state index >= 15 is 0 Å². The van der Waals surface area contributed by atoms with E-state index in [1.807, 2.05) is 12.1 Å². The van der Waals surface area contributed by atoms with Crippen molar-refractivity contribution < 1.29 is 9.90 Å². The standard InChI is InChI=1S/C11H12N2O2/c14-11(15)4-3-9-2-1-8-5-6-12-7-10(8)13-9/h1-4,12H,5-7H2,(H,14,15)/b4-3+. The molecule has 4 heteroatoms. The zero-order valence-electron chi connectivity index (χ0n) is 8.23. The molecule has 0 spiro atoms. The Morgan fingerprint density at radius 3 is 3.20 bits per heavy atom. The molecule has 1 aromatic rings. The SMILES string of the molecule is O=C(O)/C=C/c1ccc2c(n1)CNCC2. The van der Waals surface area contributed by atoms with Crippen LogP contribution < -0.4 is 5.32 Å². The van der Waals surface area contributed by atoms with E-state index in [0.717, 1.165) is 31.3 Å². The summed E-state index contributed by atoms with van der Waals surface area (Å²) in [4.78, 5) is 14.7. The van der Waals surface area contributed by atoms with E-state index in [0.29, 0.717) is 5.69 Å². The molecule has 2 heterocycles. The predicted molar refractivity (Wildman–Crippen MR) is 56.3 cm³/mol. The number of carboxylic acid groups (broad SMARTS) is 1. The second-order valence-corrected chi connectivity index (χ2v) is 3.44. The number of hydrogen-bond donors (Lipinski definition) is 2.